The Bertz CT molecular complexity index is 2200. The maximum atomic E-state index is 13.2. The van der Waals surface area contributed by atoms with E-state index in [-0.39, 0.29) is 81.2 Å². The van der Waals surface area contributed by atoms with E-state index in [0.29, 0.717) is 24.0 Å². The zero-order valence-electron chi connectivity index (χ0n) is 40.3. The number of hydrogen-bond acceptors (Lipinski definition) is 11. The zero-order chi connectivity index (χ0) is 49.6. The largest absolute Gasteiger partial charge is 0.481 e. The first-order valence-electron chi connectivity index (χ1n) is 22.3. The molecular formula is C54H68O12. The van der Waals surface area contributed by atoms with Crippen molar-refractivity contribution in [1.82, 2.24) is 0 Å². The molecule has 0 heterocycles. The molecule has 2 rings (SSSR count). The van der Waals surface area contributed by atoms with Crippen molar-refractivity contribution in [2.45, 2.75) is 139 Å². The van der Waals surface area contributed by atoms with Crippen LogP contribution in [0.5, 0.6) is 0 Å². The zero-order valence-corrected chi connectivity index (χ0v) is 40.3. The highest BCUT2D eigenvalue weighted by Gasteiger charge is 2.41. The molecule has 66 heavy (non-hydrogen) atoms. The van der Waals surface area contributed by atoms with Crippen LogP contribution in [0.25, 0.3) is 0 Å². The molecule has 2 aliphatic carbocycles. The molecule has 1 N–H and O–H groups in total. The van der Waals surface area contributed by atoms with Crippen molar-refractivity contribution in [2.75, 3.05) is 6.61 Å². The number of carbonyl (C=O) groups is 8. The molecule has 0 aromatic heterocycles. The lowest BCUT2D eigenvalue weighted by Crippen LogP contribution is -2.39. The lowest BCUT2D eigenvalue weighted by atomic mass is 9.71. The van der Waals surface area contributed by atoms with Gasteiger partial charge >= 0.3 is 17.9 Å². The number of carboxylic acid groups (broad SMARTS) is 1. The van der Waals surface area contributed by atoms with Gasteiger partial charge in [0, 0.05) is 38.5 Å². The molecule has 0 aliphatic heterocycles. The van der Waals surface area contributed by atoms with E-state index in [2.05, 4.69) is 4.74 Å². The Labute approximate surface area is 390 Å². The average Bonchev–Trinajstić information content (AvgIpc) is 3.23. The molecule has 0 unspecified atom stereocenters. The molecule has 2 atom stereocenters. The topological polar surface area (TPSA) is 184 Å². The summed E-state index contributed by atoms with van der Waals surface area (Å²) in [6.07, 6.45) is 25.4. The molecule has 0 bridgehead atoms. The Hall–Kier alpha value is -6.30. The van der Waals surface area contributed by atoms with Crippen molar-refractivity contribution in [1.29, 1.82) is 0 Å². The summed E-state index contributed by atoms with van der Waals surface area (Å²) in [5.41, 5.74) is 5.93. The Morgan fingerprint density at radius 1 is 0.561 bits per heavy atom. The summed E-state index contributed by atoms with van der Waals surface area (Å²) in [5.74, 6) is -3.44. The van der Waals surface area contributed by atoms with Crippen LogP contribution in [-0.2, 0) is 52.6 Å². The van der Waals surface area contributed by atoms with Gasteiger partial charge < -0.3 is 19.3 Å². The summed E-state index contributed by atoms with van der Waals surface area (Å²) < 4.78 is 15.5. The van der Waals surface area contributed by atoms with Crippen LogP contribution in [0.3, 0.4) is 0 Å². The van der Waals surface area contributed by atoms with Gasteiger partial charge in [0.15, 0.2) is 23.8 Å². The van der Waals surface area contributed by atoms with Crippen LogP contribution in [0.15, 0.2) is 130 Å². The molecular weight excluding hydrogens is 841 g/mol. The van der Waals surface area contributed by atoms with Crippen LogP contribution in [0, 0.1) is 10.8 Å². The van der Waals surface area contributed by atoms with Gasteiger partial charge in [0.1, 0.15) is 11.6 Å². The van der Waals surface area contributed by atoms with E-state index in [1.54, 1.807) is 13.8 Å². The maximum Gasteiger partial charge on any atom is 0.306 e. The van der Waals surface area contributed by atoms with Gasteiger partial charge in [-0.05, 0) is 74.7 Å². The summed E-state index contributed by atoms with van der Waals surface area (Å²) in [7, 11) is 0. The lowest BCUT2D eigenvalue weighted by molar-refractivity contribution is -0.156. The van der Waals surface area contributed by atoms with E-state index in [1.165, 1.54) is 0 Å². The molecule has 2 aliphatic rings. The van der Waals surface area contributed by atoms with Gasteiger partial charge in [-0.25, -0.2) is 0 Å². The van der Waals surface area contributed by atoms with Crippen molar-refractivity contribution in [2.24, 2.45) is 10.8 Å². The predicted molar refractivity (Wildman–Crippen MR) is 255 cm³/mol. The van der Waals surface area contributed by atoms with E-state index >= 15 is 0 Å². The second-order valence-corrected chi connectivity index (χ2v) is 18.0. The highest BCUT2D eigenvalue weighted by atomic mass is 16.6. The van der Waals surface area contributed by atoms with E-state index in [1.807, 2.05) is 140 Å². The number of allylic oxidation sites excluding steroid dienone is 20. The number of ether oxygens (including phenoxy) is 3. The van der Waals surface area contributed by atoms with Gasteiger partial charge in [0.05, 0.1) is 25.9 Å². The Balaban J connectivity index is 1.94. The summed E-state index contributed by atoms with van der Waals surface area (Å²) in [4.78, 5) is 95.9. The van der Waals surface area contributed by atoms with Gasteiger partial charge in [0.2, 0.25) is 0 Å². The van der Waals surface area contributed by atoms with E-state index in [9.17, 15) is 38.4 Å². The predicted octanol–water partition coefficient (Wildman–Crippen LogP) is 10.1. The molecule has 0 amide bonds. The summed E-state index contributed by atoms with van der Waals surface area (Å²) in [6.45, 7) is 19.6. The molecule has 0 radical (unpaired) electrons. The molecule has 0 fully saturated rings. The van der Waals surface area contributed by atoms with E-state index in [0.717, 1.165) is 33.4 Å². The van der Waals surface area contributed by atoms with Crippen LogP contribution in [0.2, 0.25) is 0 Å². The Morgan fingerprint density at radius 3 is 1.32 bits per heavy atom. The number of Topliss-reactive ketones (excluding diaryl/α,β-unsaturated/α-hetero) is 4. The molecule has 0 aromatic carbocycles. The van der Waals surface area contributed by atoms with Gasteiger partial charge in [-0.1, -0.05) is 135 Å². The van der Waals surface area contributed by atoms with Crippen LogP contribution in [-0.4, -0.2) is 71.4 Å². The molecule has 0 saturated heterocycles. The van der Waals surface area contributed by atoms with Crippen molar-refractivity contribution >= 4 is 47.5 Å². The monoisotopic (exact) mass is 908 g/mol. The van der Waals surface area contributed by atoms with Crippen molar-refractivity contribution < 1.29 is 57.7 Å². The quantitative estimate of drug-likeness (QED) is 0.0301. The Morgan fingerprint density at radius 2 is 0.924 bits per heavy atom. The molecule has 12 nitrogen and oxygen atoms in total. The first-order chi connectivity index (χ1) is 31.0. The fourth-order valence-electron chi connectivity index (χ4n) is 7.39. The number of hydrogen-bond donors (Lipinski definition) is 1. The second kappa shape index (κ2) is 27.2. The van der Waals surface area contributed by atoms with E-state index < -0.39 is 40.9 Å². The molecule has 12 heteroatoms. The second-order valence-electron chi connectivity index (χ2n) is 18.0. The number of esters is 2. The third kappa shape index (κ3) is 19.8. The van der Waals surface area contributed by atoms with Gasteiger partial charge in [-0.3, -0.25) is 38.4 Å². The third-order valence-electron chi connectivity index (χ3n) is 11.2. The summed E-state index contributed by atoms with van der Waals surface area (Å²) >= 11 is 0. The minimum atomic E-state index is -1.08. The molecule has 0 spiro atoms. The first kappa shape index (κ1) is 55.8. The number of carboxylic acids is 1. The highest BCUT2D eigenvalue weighted by Crippen LogP contribution is 2.42. The minimum absolute atomic E-state index is 0.0210. The third-order valence-corrected chi connectivity index (χ3v) is 11.2. The SMILES string of the molecule is CC1=C(/C=C/C(C)=C/C=C/C(C)=C/C=C/C=C(C)/C=C/C=C(C)/C=C/C2=C(C)C(=O)[C@@H](OC(=O)CCC(=O)CCC(=O)O)CC2(C)C)C(C)(C)C[C@H](OC(=O)CCC(=O)CCOC=O)C1=O. The smallest absolute Gasteiger partial charge is 0.306 e. The van der Waals surface area contributed by atoms with Crippen LogP contribution >= 0.6 is 0 Å². The van der Waals surface area contributed by atoms with Crippen LogP contribution < -0.4 is 0 Å². The highest BCUT2D eigenvalue weighted by molar-refractivity contribution is 6.02. The van der Waals surface area contributed by atoms with Crippen molar-refractivity contribution in [3.63, 3.8) is 0 Å². The van der Waals surface area contributed by atoms with Gasteiger partial charge in [0.25, 0.3) is 6.47 Å². The first-order valence-corrected chi connectivity index (χ1v) is 22.3. The van der Waals surface area contributed by atoms with Gasteiger partial charge in [-0.15, -0.1) is 0 Å². The number of rotatable bonds is 25. The van der Waals surface area contributed by atoms with E-state index in [4.69, 9.17) is 14.6 Å². The number of aliphatic carboxylic acids is 1. The molecule has 0 saturated carbocycles. The minimum Gasteiger partial charge on any atom is -0.481 e. The van der Waals surface area contributed by atoms with Crippen molar-refractivity contribution in [3.05, 3.63) is 130 Å². The van der Waals surface area contributed by atoms with Crippen LogP contribution in [0.4, 0.5) is 0 Å². The fraction of sp³-hybridized carbons (Fsp3) is 0.444. The maximum absolute atomic E-state index is 13.2. The summed E-state index contributed by atoms with van der Waals surface area (Å²) in [6, 6.07) is 0. The Kier molecular flexibility index (Phi) is 23.0. The average molecular weight is 909 g/mol. The van der Waals surface area contributed by atoms with Crippen LogP contribution in [0.1, 0.15) is 127 Å². The fourth-order valence-corrected chi connectivity index (χ4v) is 7.39. The molecule has 356 valence electrons. The standard InChI is InChI=1S/C54H68O12/c1-36(17-13-19-38(3)21-26-44-40(5)51(62)46(33-53(44,7)8)65-49(60)29-24-42(56)23-28-48(58)59)15-11-12-16-37(2)18-14-20-39(4)22-27-45-41(6)52(63)47(34-54(45,9)10)66-50(61)30-25-43(57)31-32-64-35-55/h11-22,26-27,35,46-47H,23-25,28-34H2,1-10H3,(H,58,59)/b12-11+,17-13+,18-14+,26-21+,27-22+,36-15+,37-16+,38-19+,39-20+/t46-,47-/m0/s1. The lowest BCUT2D eigenvalue weighted by Gasteiger charge is -2.36. The normalized spacial score (nSPS) is 19.8. The summed E-state index contributed by atoms with van der Waals surface area (Å²) in [5, 5.41) is 8.73. The van der Waals surface area contributed by atoms with Gasteiger partial charge in [-0.2, -0.15) is 0 Å². The number of carbonyl (C=O) groups excluding carboxylic acids is 7. The van der Waals surface area contributed by atoms with Crippen molar-refractivity contribution in [3.8, 4) is 0 Å². The number of ketones is 4. The molecule has 0 aromatic rings.